The van der Waals surface area contributed by atoms with Gasteiger partial charge in [0.05, 0.1) is 5.69 Å². The molecule has 1 heterocycles. The average Bonchev–Trinajstić information content (AvgIpc) is 2.39. The van der Waals surface area contributed by atoms with Crippen LogP contribution in [0.1, 0.15) is 38.6 Å². The van der Waals surface area contributed by atoms with E-state index in [0.29, 0.717) is 10.2 Å². The van der Waals surface area contributed by atoms with Crippen molar-refractivity contribution in [1.29, 1.82) is 0 Å². The lowest BCUT2D eigenvalue weighted by Crippen LogP contribution is -2.21. The fourth-order valence-corrected chi connectivity index (χ4v) is 1.83. The SMILES string of the molecule is Cc1cc(CCC(Br)C(C)(C)C)n(C)n1. The predicted octanol–water partition coefficient (Wildman–Crippen LogP) is 3.47. The molecule has 1 unspecified atom stereocenters. The van der Waals surface area contributed by atoms with E-state index in [2.05, 4.69) is 47.9 Å². The fourth-order valence-electron chi connectivity index (χ4n) is 1.61. The average molecular weight is 273 g/mol. The van der Waals surface area contributed by atoms with Gasteiger partial charge in [0, 0.05) is 17.6 Å². The highest BCUT2D eigenvalue weighted by Crippen LogP contribution is 2.29. The van der Waals surface area contributed by atoms with Gasteiger partial charge in [-0.2, -0.15) is 5.10 Å². The summed E-state index contributed by atoms with van der Waals surface area (Å²) in [7, 11) is 2.02. The summed E-state index contributed by atoms with van der Waals surface area (Å²) in [5.41, 5.74) is 2.75. The van der Waals surface area contributed by atoms with Gasteiger partial charge in [0.1, 0.15) is 0 Å². The van der Waals surface area contributed by atoms with E-state index in [1.807, 2.05) is 18.7 Å². The second-order valence-electron chi connectivity index (χ2n) is 5.27. The quantitative estimate of drug-likeness (QED) is 0.771. The molecule has 0 bridgehead atoms. The van der Waals surface area contributed by atoms with Crippen LogP contribution in [0.3, 0.4) is 0 Å². The van der Waals surface area contributed by atoms with Crippen molar-refractivity contribution in [2.24, 2.45) is 12.5 Å². The molecule has 1 aromatic heterocycles. The van der Waals surface area contributed by atoms with Crippen LogP contribution in [0.25, 0.3) is 0 Å². The minimum Gasteiger partial charge on any atom is -0.272 e. The standard InChI is InChI=1S/C12H21BrN2/c1-9-8-10(15(5)14-9)6-7-11(13)12(2,3)4/h8,11H,6-7H2,1-5H3. The van der Waals surface area contributed by atoms with Crippen molar-refractivity contribution in [3.8, 4) is 0 Å². The van der Waals surface area contributed by atoms with Gasteiger partial charge in [-0.3, -0.25) is 4.68 Å². The van der Waals surface area contributed by atoms with Gasteiger partial charge in [-0.1, -0.05) is 36.7 Å². The number of aromatic nitrogens is 2. The third kappa shape index (κ3) is 3.63. The van der Waals surface area contributed by atoms with Gasteiger partial charge in [0.2, 0.25) is 0 Å². The molecule has 0 spiro atoms. The first kappa shape index (κ1) is 12.8. The molecule has 0 aliphatic rings. The molecule has 0 amide bonds. The Bertz CT molecular complexity index is 323. The maximum absolute atomic E-state index is 4.35. The van der Waals surface area contributed by atoms with Crippen LogP contribution in [-0.2, 0) is 13.5 Å². The van der Waals surface area contributed by atoms with Gasteiger partial charge in [-0.15, -0.1) is 0 Å². The van der Waals surface area contributed by atoms with Crippen molar-refractivity contribution in [2.45, 2.75) is 45.4 Å². The summed E-state index contributed by atoms with van der Waals surface area (Å²) in [6.45, 7) is 8.83. The Balaban J connectivity index is 2.54. The van der Waals surface area contributed by atoms with E-state index in [0.717, 1.165) is 18.5 Å². The maximum atomic E-state index is 4.35. The molecule has 86 valence electrons. The highest BCUT2D eigenvalue weighted by atomic mass is 79.9. The minimum absolute atomic E-state index is 0.327. The largest absolute Gasteiger partial charge is 0.272 e. The summed E-state index contributed by atoms with van der Waals surface area (Å²) in [6, 6.07) is 2.17. The van der Waals surface area contributed by atoms with Crippen LogP contribution < -0.4 is 0 Å². The number of aryl methyl sites for hydroxylation is 3. The number of hydrogen-bond acceptors (Lipinski definition) is 1. The Kier molecular flexibility index (Phi) is 3.99. The number of rotatable bonds is 3. The summed E-state index contributed by atoms with van der Waals surface area (Å²) in [5.74, 6) is 0. The van der Waals surface area contributed by atoms with Crippen LogP contribution in [0.4, 0.5) is 0 Å². The molecule has 1 atom stereocenters. The van der Waals surface area contributed by atoms with Crippen LogP contribution in [0.15, 0.2) is 6.07 Å². The molecular weight excluding hydrogens is 252 g/mol. The first-order valence-electron chi connectivity index (χ1n) is 5.44. The van der Waals surface area contributed by atoms with Crippen molar-refractivity contribution in [2.75, 3.05) is 0 Å². The van der Waals surface area contributed by atoms with Gasteiger partial charge in [0.25, 0.3) is 0 Å². The summed E-state index contributed by atoms with van der Waals surface area (Å²) >= 11 is 3.76. The second kappa shape index (κ2) is 4.69. The number of alkyl halides is 1. The normalized spacial score (nSPS) is 14.3. The maximum Gasteiger partial charge on any atom is 0.0596 e. The highest BCUT2D eigenvalue weighted by Gasteiger charge is 2.21. The molecule has 1 rings (SSSR count). The summed E-state index contributed by atoms with van der Waals surface area (Å²) in [6.07, 6.45) is 2.24. The number of halogens is 1. The number of nitrogens with zero attached hydrogens (tertiary/aromatic N) is 2. The molecule has 0 saturated carbocycles. The minimum atomic E-state index is 0.327. The van der Waals surface area contributed by atoms with Crippen LogP contribution in [-0.4, -0.2) is 14.6 Å². The first-order valence-corrected chi connectivity index (χ1v) is 6.36. The van der Waals surface area contributed by atoms with E-state index in [1.165, 1.54) is 5.69 Å². The molecule has 0 saturated heterocycles. The fraction of sp³-hybridized carbons (Fsp3) is 0.750. The number of hydrogen-bond donors (Lipinski definition) is 0. The van der Waals surface area contributed by atoms with Crippen molar-refractivity contribution >= 4 is 15.9 Å². The van der Waals surface area contributed by atoms with Crippen LogP contribution >= 0.6 is 15.9 Å². The molecule has 2 nitrogen and oxygen atoms in total. The molecule has 0 radical (unpaired) electrons. The molecule has 0 fully saturated rings. The van der Waals surface area contributed by atoms with Gasteiger partial charge < -0.3 is 0 Å². The van der Waals surface area contributed by atoms with E-state index >= 15 is 0 Å². The van der Waals surface area contributed by atoms with Gasteiger partial charge >= 0.3 is 0 Å². The lowest BCUT2D eigenvalue weighted by atomic mass is 9.89. The Hall–Kier alpha value is -0.310. The third-order valence-corrected chi connectivity index (χ3v) is 4.52. The molecule has 0 aliphatic heterocycles. The Labute approximate surface area is 101 Å². The van der Waals surface area contributed by atoms with Crippen molar-refractivity contribution in [1.82, 2.24) is 9.78 Å². The molecule has 0 aliphatic carbocycles. The van der Waals surface area contributed by atoms with E-state index in [9.17, 15) is 0 Å². The Morgan fingerprint density at radius 3 is 2.47 bits per heavy atom. The molecule has 15 heavy (non-hydrogen) atoms. The van der Waals surface area contributed by atoms with Gasteiger partial charge in [0.15, 0.2) is 0 Å². The summed E-state index contributed by atoms with van der Waals surface area (Å²) < 4.78 is 1.98. The lowest BCUT2D eigenvalue weighted by Gasteiger charge is -2.25. The van der Waals surface area contributed by atoms with E-state index in [1.54, 1.807) is 0 Å². The van der Waals surface area contributed by atoms with Crippen molar-refractivity contribution < 1.29 is 0 Å². The second-order valence-corrected chi connectivity index (χ2v) is 6.38. The molecule has 0 aromatic carbocycles. The molecule has 3 heteroatoms. The Morgan fingerprint density at radius 1 is 1.47 bits per heavy atom. The van der Waals surface area contributed by atoms with E-state index in [4.69, 9.17) is 0 Å². The third-order valence-electron chi connectivity index (χ3n) is 2.69. The Morgan fingerprint density at radius 2 is 2.07 bits per heavy atom. The summed E-state index contributed by atoms with van der Waals surface area (Å²) in [5, 5.41) is 4.35. The monoisotopic (exact) mass is 272 g/mol. The first-order chi connectivity index (χ1) is 6.80. The van der Waals surface area contributed by atoms with Gasteiger partial charge in [-0.05, 0) is 31.2 Å². The molecule has 0 N–H and O–H groups in total. The predicted molar refractivity (Wildman–Crippen MR) is 68.4 cm³/mol. The lowest BCUT2D eigenvalue weighted by molar-refractivity contribution is 0.384. The van der Waals surface area contributed by atoms with E-state index in [-0.39, 0.29) is 0 Å². The summed E-state index contributed by atoms with van der Waals surface area (Å²) in [4.78, 5) is 0.556. The smallest absolute Gasteiger partial charge is 0.0596 e. The van der Waals surface area contributed by atoms with Crippen LogP contribution in [0, 0.1) is 12.3 Å². The van der Waals surface area contributed by atoms with Crippen LogP contribution in [0.2, 0.25) is 0 Å². The van der Waals surface area contributed by atoms with Crippen molar-refractivity contribution in [3.05, 3.63) is 17.5 Å². The van der Waals surface area contributed by atoms with E-state index < -0.39 is 0 Å². The van der Waals surface area contributed by atoms with Crippen LogP contribution in [0.5, 0.6) is 0 Å². The zero-order valence-electron chi connectivity index (χ0n) is 10.3. The zero-order chi connectivity index (χ0) is 11.6. The zero-order valence-corrected chi connectivity index (χ0v) is 11.9. The topological polar surface area (TPSA) is 17.8 Å². The highest BCUT2D eigenvalue weighted by molar-refractivity contribution is 9.09. The van der Waals surface area contributed by atoms with Crippen molar-refractivity contribution in [3.63, 3.8) is 0 Å². The van der Waals surface area contributed by atoms with Gasteiger partial charge in [-0.25, -0.2) is 0 Å². The molecule has 1 aromatic rings. The molecular formula is C12H21BrN2.